The number of allylic oxidation sites excluding steroid dienone is 7. The highest BCUT2D eigenvalue weighted by atomic mass is 31.2. The van der Waals surface area contributed by atoms with Gasteiger partial charge in [-0.3, -0.25) is 13.8 Å². The lowest BCUT2D eigenvalue weighted by Crippen LogP contribution is -2.45. The Bertz CT molecular complexity index is 975. The summed E-state index contributed by atoms with van der Waals surface area (Å²) in [6.07, 6.45) is 41.8. The second kappa shape index (κ2) is 34.2. The Hall–Kier alpha value is -1.54. The van der Waals surface area contributed by atoms with Gasteiger partial charge in [0.2, 0.25) is 5.91 Å². The van der Waals surface area contributed by atoms with Gasteiger partial charge in [0, 0.05) is 6.42 Å². The molecule has 51 heavy (non-hydrogen) atoms. The van der Waals surface area contributed by atoms with Gasteiger partial charge < -0.3 is 19.8 Å². The molecule has 0 aliphatic rings. The lowest BCUT2D eigenvalue weighted by Gasteiger charge is -2.25. The molecule has 0 aromatic rings. The Morgan fingerprint density at radius 2 is 1.12 bits per heavy atom. The summed E-state index contributed by atoms with van der Waals surface area (Å²) >= 11 is 0. The van der Waals surface area contributed by atoms with Gasteiger partial charge in [-0.2, -0.15) is 0 Å². The Morgan fingerprint density at radius 3 is 1.65 bits per heavy atom. The van der Waals surface area contributed by atoms with Crippen LogP contribution in [0.25, 0.3) is 0 Å². The number of phosphoric acid groups is 1. The van der Waals surface area contributed by atoms with E-state index < -0.39 is 20.0 Å². The third-order valence-corrected chi connectivity index (χ3v) is 9.71. The van der Waals surface area contributed by atoms with E-state index in [2.05, 4.69) is 55.6 Å². The van der Waals surface area contributed by atoms with Gasteiger partial charge in [0.05, 0.1) is 39.9 Å². The first-order valence-corrected chi connectivity index (χ1v) is 22.0. The van der Waals surface area contributed by atoms with Crippen molar-refractivity contribution in [1.29, 1.82) is 0 Å². The molecule has 0 saturated heterocycles. The van der Waals surface area contributed by atoms with Crippen molar-refractivity contribution in [3.8, 4) is 0 Å². The molecular weight excluding hydrogens is 659 g/mol. The van der Waals surface area contributed by atoms with Crippen molar-refractivity contribution in [3.05, 3.63) is 48.6 Å². The van der Waals surface area contributed by atoms with E-state index >= 15 is 0 Å². The number of rotatable bonds is 36. The molecule has 0 aliphatic heterocycles. The minimum atomic E-state index is -4.34. The van der Waals surface area contributed by atoms with Gasteiger partial charge >= 0.3 is 7.82 Å². The van der Waals surface area contributed by atoms with Crippen molar-refractivity contribution in [2.75, 3.05) is 40.9 Å². The molecule has 0 saturated carbocycles. The van der Waals surface area contributed by atoms with Gasteiger partial charge in [-0.1, -0.05) is 140 Å². The third-order valence-electron chi connectivity index (χ3n) is 8.73. The number of quaternary nitrogens is 1. The first kappa shape index (κ1) is 49.5. The van der Waals surface area contributed by atoms with Crippen LogP contribution in [0.1, 0.15) is 162 Å². The predicted molar refractivity (Wildman–Crippen MR) is 217 cm³/mol. The fourth-order valence-corrected chi connectivity index (χ4v) is 6.16. The molecule has 0 heterocycles. The summed E-state index contributed by atoms with van der Waals surface area (Å²) in [4.78, 5) is 23.0. The molecule has 9 heteroatoms. The van der Waals surface area contributed by atoms with Crippen molar-refractivity contribution in [1.82, 2.24) is 5.32 Å². The van der Waals surface area contributed by atoms with E-state index in [9.17, 15) is 19.4 Å². The lowest BCUT2D eigenvalue weighted by molar-refractivity contribution is -0.870. The standard InChI is InChI=1S/C42H79N2O6P/c1-6-8-10-12-14-16-18-19-20-21-22-23-24-26-28-30-32-34-36-42(46)43-40(39-50-51(47,48)49-38-37-44(3,4)5)41(45)35-33-31-29-27-25-17-15-13-11-9-7-2/h11,13,20-21,25,27,33,35,40-41,45H,6-10,12,14-19,22-24,26,28-32,34,36-39H2,1-5H3,(H-,43,46,47,48)/p+1/b13-11+,21-20-,27-25+,35-33+. The number of aliphatic hydroxyl groups excluding tert-OH is 1. The van der Waals surface area contributed by atoms with Crippen LogP contribution in [0.4, 0.5) is 0 Å². The summed E-state index contributed by atoms with van der Waals surface area (Å²) in [5, 5.41) is 13.7. The number of unbranched alkanes of at least 4 members (excludes halogenated alkanes) is 17. The van der Waals surface area contributed by atoms with E-state index in [0.29, 0.717) is 17.4 Å². The van der Waals surface area contributed by atoms with Crippen molar-refractivity contribution in [2.45, 2.75) is 174 Å². The number of nitrogens with zero attached hydrogens (tertiary/aromatic N) is 1. The van der Waals surface area contributed by atoms with Crippen LogP contribution in [-0.2, 0) is 18.4 Å². The zero-order valence-corrected chi connectivity index (χ0v) is 34.5. The highest BCUT2D eigenvalue weighted by Crippen LogP contribution is 2.43. The number of carbonyl (C=O) groups excluding carboxylic acids is 1. The maximum absolute atomic E-state index is 12.8. The van der Waals surface area contributed by atoms with Crippen LogP contribution in [0.2, 0.25) is 0 Å². The van der Waals surface area contributed by atoms with Crippen LogP contribution in [0.3, 0.4) is 0 Å². The lowest BCUT2D eigenvalue weighted by atomic mass is 10.1. The average Bonchev–Trinajstić information content (AvgIpc) is 3.07. The zero-order valence-electron chi connectivity index (χ0n) is 33.6. The molecule has 0 radical (unpaired) electrons. The smallest absolute Gasteiger partial charge is 0.387 e. The van der Waals surface area contributed by atoms with E-state index in [1.807, 2.05) is 27.2 Å². The highest BCUT2D eigenvalue weighted by Gasteiger charge is 2.27. The summed E-state index contributed by atoms with van der Waals surface area (Å²) < 4.78 is 23.4. The molecule has 8 nitrogen and oxygen atoms in total. The summed E-state index contributed by atoms with van der Waals surface area (Å²) in [6.45, 7) is 4.68. The fraction of sp³-hybridized carbons (Fsp3) is 0.786. The van der Waals surface area contributed by atoms with Gasteiger partial charge in [0.15, 0.2) is 0 Å². The number of aliphatic hydroxyl groups is 1. The topological polar surface area (TPSA) is 105 Å². The molecular formula is C42H80N2O6P+. The minimum absolute atomic E-state index is 0.0513. The molecule has 0 aliphatic carbocycles. The Kier molecular flexibility index (Phi) is 33.2. The van der Waals surface area contributed by atoms with E-state index in [-0.39, 0.29) is 19.1 Å². The van der Waals surface area contributed by atoms with Crippen LogP contribution < -0.4 is 5.32 Å². The third kappa shape index (κ3) is 36.6. The Morgan fingerprint density at radius 1 is 0.647 bits per heavy atom. The number of nitrogens with one attached hydrogen (secondary N) is 1. The average molecular weight is 740 g/mol. The maximum Gasteiger partial charge on any atom is 0.472 e. The molecule has 0 spiro atoms. The summed E-state index contributed by atoms with van der Waals surface area (Å²) in [5.41, 5.74) is 0. The zero-order chi connectivity index (χ0) is 37.9. The number of carbonyl (C=O) groups is 1. The van der Waals surface area contributed by atoms with Crippen LogP contribution in [0, 0.1) is 0 Å². The molecule has 3 N–H and O–H groups in total. The molecule has 0 fully saturated rings. The number of amides is 1. The summed E-state index contributed by atoms with van der Waals surface area (Å²) in [6, 6.07) is -0.869. The number of likely N-dealkylation sites (N-methyl/N-ethyl adjacent to an activating group) is 1. The summed E-state index contributed by atoms with van der Waals surface area (Å²) in [5.74, 6) is -0.200. The quantitative estimate of drug-likeness (QED) is 0.0256. The second-order valence-corrected chi connectivity index (χ2v) is 16.4. The molecule has 0 aromatic carbocycles. The normalized spacial score (nSPS) is 15.0. The van der Waals surface area contributed by atoms with E-state index in [1.54, 1.807) is 6.08 Å². The highest BCUT2D eigenvalue weighted by molar-refractivity contribution is 7.47. The van der Waals surface area contributed by atoms with E-state index in [4.69, 9.17) is 9.05 Å². The molecule has 0 bridgehead atoms. The molecule has 298 valence electrons. The Balaban J connectivity index is 4.47. The van der Waals surface area contributed by atoms with Crippen LogP contribution in [0.5, 0.6) is 0 Å². The first-order valence-electron chi connectivity index (χ1n) is 20.5. The van der Waals surface area contributed by atoms with Gasteiger partial charge in [0.25, 0.3) is 0 Å². The van der Waals surface area contributed by atoms with Crippen molar-refractivity contribution in [2.24, 2.45) is 0 Å². The molecule has 1 amide bonds. The largest absolute Gasteiger partial charge is 0.472 e. The number of hydrogen-bond acceptors (Lipinski definition) is 5. The predicted octanol–water partition coefficient (Wildman–Crippen LogP) is 10.9. The van der Waals surface area contributed by atoms with Crippen LogP contribution in [-0.4, -0.2) is 73.4 Å². The van der Waals surface area contributed by atoms with Gasteiger partial charge in [-0.15, -0.1) is 0 Å². The second-order valence-electron chi connectivity index (χ2n) is 15.0. The fourth-order valence-electron chi connectivity index (χ4n) is 5.43. The van der Waals surface area contributed by atoms with Crippen molar-refractivity contribution < 1.29 is 32.9 Å². The van der Waals surface area contributed by atoms with Gasteiger partial charge in [0.1, 0.15) is 13.2 Å². The van der Waals surface area contributed by atoms with E-state index in [0.717, 1.165) is 51.4 Å². The summed E-state index contributed by atoms with van der Waals surface area (Å²) in [7, 11) is 1.53. The van der Waals surface area contributed by atoms with Gasteiger partial charge in [-0.25, -0.2) is 4.57 Å². The van der Waals surface area contributed by atoms with E-state index in [1.165, 1.54) is 89.9 Å². The number of hydrogen-bond donors (Lipinski definition) is 3. The first-order chi connectivity index (χ1) is 24.5. The molecule has 0 rings (SSSR count). The SMILES string of the molecule is CCC/C=C/CC/C=C/CC/C=C/C(O)C(COP(=O)(O)OCC[N+](C)(C)C)NC(=O)CCCCCCCCC/C=C\CCCCCCCCC. The maximum atomic E-state index is 12.8. The van der Waals surface area contributed by atoms with Crippen LogP contribution >= 0.6 is 7.82 Å². The van der Waals surface area contributed by atoms with Crippen LogP contribution in [0.15, 0.2) is 48.6 Å². The molecule has 3 atom stereocenters. The monoisotopic (exact) mass is 740 g/mol. The Labute approximate surface area is 314 Å². The van der Waals surface area contributed by atoms with Gasteiger partial charge in [-0.05, 0) is 64.2 Å². The molecule has 3 unspecified atom stereocenters. The van der Waals surface area contributed by atoms with Crippen molar-refractivity contribution >= 4 is 13.7 Å². The minimum Gasteiger partial charge on any atom is -0.387 e. The molecule has 0 aromatic heterocycles. The van der Waals surface area contributed by atoms with Crippen molar-refractivity contribution in [3.63, 3.8) is 0 Å². The number of phosphoric ester groups is 1.